The second-order valence-corrected chi connectivity index (χ2v) is 8.11. The molecular weight excluding hydrogens is 479 g/mol. The predicted molar refractivity (Wildman–Crippen MR) is 130 cm³/mol. The van der Waals surface area contributed by atoms with Crippen LogP contribution >= 0.6 is 12.4 Å². The van der Waals surface area contributed by atoms with E-state index in [-0.39, 0.29) is 31.1 Å². The van der Waals surface area contributed by atoms with E-state index in [1.807, 2.05) is 59.5 Å². The highest BCUT2D eigenvalue weighted by Gasteiger charge is 2.27. The van der Waals surface area contributed by atoms with E-state index in [1.165, 1.54) is 4.90 Å². The first-order chi connectivity index (χ1) is 16.5. The number of carbonyl (C=O) groups is 2. The van der Waals surface area contributed by atoms with Crippen LogP contribution < -0.4 is 5.32 Å². The van der Waals surface area contributed by atoms with Crippen LogP contribution in [0.1, 0.15) is 15.9 Å². The van der Waals surface area contributed by atoms with Gasteiger partial charge in [-0.1, -0.05) is 54.6 Å². The van der Waals surface area contributed by atoms with Crippen molar-refractivity contribution in [3.63, 3.8) is 0 Å². The van der Waals surface area contributed by atoms with Gasteiger partial charge in [-0.2, -0.15) is 0 Å². The van der Waals surface area contributed by atoms with Crippen molar-refractivity contribution in [2.75, 3.05) is 26.2 Å². The Morgan fingerprint density at radius 2 is 1.46 bits per heavy atom. The van der Waals surface area contributed by atoms with Crippen LogP contribution in [0.3, 0.4) is 0 Å². The zero-order valence-electron chi connectivity index (χ0n) is 18.8. The topological polar surface area (TPSA) is 52.7 Å². The molecular formula is C26H25ClF3N3O2. The monoisotopic (exact) mass is 503 g/mol. The molecule has 0 bridgehead atoms. The second kappa shape index (κ2) is 12.0. The van der Waals surface area contributed by atoms with E-state index in [4.69, 9.17) is 0 Å². The Morgan fingerprint density at radius 3 is 2.03 bits per heavy atom. The first-order valence-electron chi connectivity index (χ1n) is 11.0. The van der Waals surface area contributed by atoms with Gasteiger partial charge in [0.2, 0.25) is 0 Å². The highest BCUT2D eigenvalue weighted by Crippen LogP contribution is 2.20. The summed E-state index contributed by atoms with van der Waals surface area (Å²) in [5, 5.41) is 3.23. The van der Waals surface area contributed by atoms with Gasteiger partial charge in [0.15, 0.2) is 23.7 Å². The average Bonchev–Trinajstić information content (AvgIpc) is 2.88. The van der Waals surface area contributed by atoms with Crippen molar-refractivity contribution in [1.29, 1.82) is 0 Å². The van der Waals surface area contributed by atoms with Crippen molar-refractivity contribution in [3.8, 4) is 11.1 Å². The molecule has 1 saturated heterocycles. The molecule has 1 atom stereocenters. The summed E-state index contributed by atoms with van der Waals surface area (Å²) >= 11 is 0. The number of carbonyl (C=O) groups excluding carboxylic acids is 2. The molecule has 5 nitrogen and oxygen atoms in total. The minimum Gasteiger partial charge on any atom is -0.336 e. The van der Waals surface area contributed by atoms with Crippen molar-refractivity contribution < 1.29 is 22.8 Å². The molecule has 1 fully saturated rings. The van der Waals surface area contributed by atoms with Gasteiger partial charge in [0.25, 0.3) is 5.91 Å². The Kier molecular flexibility index (Phi) is 9.03. The third kappa shape index (κ3) is 6.28. The van der Waals surface area contributed by atoms with E-state index in [9.17, 15) is 22.8 Å². The summed E-state index contributed by atoms with van der Waals surface area (Å²) in [6, 6.07) is 19.5. The standard InChI is InChI=1S/C26H24F3N3O2.ClH/c27-22-14-21(15-23(28)25(22)29)26(34)32-12-10-31(11-13-32)24(17-33)30-16-18-6-8-20(9-7-18)19-4-2-1-3-5-19;/h1-9,14-15,17,24,30H,10-13,16H2;1H. The van der Waals surface area contributed by atoms with E-state index in [2.05, 4.69) is 5.32 Å². The maximum atomic E-state index is 13.5. The van der Waals surface area contributed by atoms with E-state index in [0.29, 0.717) is 31.8 Å². The molecule has 4 rings (SSSR count). The SMILES string of the molecule is Cl.O=CC(NCc1ccc(-c2ccccc2)cc1)N1CCN(C(=O)c2cc(F)c(F)c(F)c2)CC1. The van der Waals surface area contributed by atoms with Crippen LogP contribution in [-0.2, 0) is 11.3 Å². The summed E-state index contributed by atoms with van der Waals surface area (Å²) in [5.41, 5.74) is 3.03. The summed E-state index contributed by atoms with van der Waals surface area (Å²) in [5.74, 6) is -4.98. The van der Waals surface area contributed by atoms with Crippen LogP contribution in [0.25, 0.3) is 11.1 Å². The number of aldehydes is 1. The fraction of sp³-hybridized carbons (Fsp3) is 0.231. The van der Waals surface area contributed by atoms with Crippen molar-refractivity contribution in [1.82, 2.24) is 15.1 Å². The maximum absolute atomic E-state index is 13.5. The van der Waals surface area contributed by atoms with Gasteiger partial charge in [0.1, 0.15) is 6.17 Å². The van der Waals surface area contributed by atoms with Gasteiger partial charge in [-0.25, -0.2) is 13.2 Å². The maximum Gasteiger partial charge on any atom is 0.254 e. The smallest absolute Gasteiger partial charge is 0.254 e. The number of halogens is 4. The first kappa shape index (κ1) is 26.4. The number of nitrogens with zero attached hydrogens (tertiary/aromatic N) is 2. The van der Waals surface area contributed by atoms with Gasteiger partial charge in [-0.3, -0.25) is 15.0 Å². The molecule has 1 heterocycles. The third-order valence-electron chi connectivity index (χ3n) is 5.93. The number of rotatable bonds is 7. The third-order valence-corrected chi connectivity index (χ3v) is 5.93. The minimum absolute atomic E-state index is 0. The summed E-state index contributed by atoms with van der Waals surface area (Å²) in [7, 11) is 0. The molecule has 35 heavy (non-hydrogen) atoms. The second-order valence-electron chi connectivity index (χ2n) is 8.11. The Labute approximate surface area is 208 Å². The highest BCUT2D eigenvalue weighted by molar-refractivity contribution is 5.94. The van der Waals surface area contributed by atoms with Gasteiger partial charge in [-0.15, -0.1) is 12.4 Å². The van der Waals surface area contributed by atoms with Gasteiger partial charge in [0.05, 0.1) is 0 Å². The fourth-order valence-electron chi connectivity index (χ4n) is 4.00. The molecule has 3 aromatic rings. The van der Waals surface area contributed by atoms with E-state index in [1.54, 1.807) is 0 Å². The largest absolute Gasteiger partial charge is 0.336 e. The zero-order chi connectivity index (χ0) is 24.1. The van der Waals surface area contributed by atoms with E-state index in [0.717, 1.165) is 23.0 Å². The number of hydrogen-bond acceptors (Lipinski definition) is 4. The van der Waals surface area contributed by atoms with Crippen LogP contribution in [0.5, 0.6) is 0 Å². The quantitative estimate of drug-likeness (QED) is 0.386. The van der Waals surface area contributed by atoms with Crippen molar-refractivity contribution >= 4 is 24.6 Å². The van der Waals surface area contributed by atoms with Gasteiger partial charge >= 0.3 is 0 Å². The molecule has 3 aromatic carbocycles. The van der Waals surface area contributed by atoms with Crippen LogP contribution in [0, 0.1) is 17.5 Å². The molecule has 1 aliphatic heterocycles. The molecule has 0 spiro atoms. The van der Waals surface area contributed by atoms with Crippen molar-refractivity contribution in [2.45, 2.75) is 12.7 Å². The number of hydrogen-bond donors (Lipinski definition) is 1. The predicted octanol–water partition coefficient (Wildman–Crippen LogP) is 4.27. The summed E-state index contributed by atoms with van der Waals surface area (Å²) in [4.78, 5) is 27.6. The van der Waals surface area contributed by atoms with Crippen LogP contribution in [0.4, 0.5) is 13.2 Å². The molecule has 1 N–H and O–H groups in total. The van der Waals surface area contributed by atoms with Crippen LogP contribution in [-0.4, -0.2) is 54.3 Å². The van der Waals surface area contributed by atoms with Crippen molar-refractivity contribution in [2.24, 2.45) is 0 Å². The molecule has 0 aromatic heterocycles. The number of benzene rings is 3. The molecule has 1 unspecified atom stereocenters. The lowest BCUT2D eigenvalue weighted by molar-refractivity contribution is -0.114. The van der Waals surface area contributed by atoms with Crippen LogP contribution in [0.2, 0.25) is 0 Å². The Morgan fingerprint density at radius 1 is 0.886 bits per heavy atom. The number of piperazine rings is 1. The Hall–Kier alpha value is -3.20. The first-order valence-corrected chi connectivity index (χ1v) is 11.0. The zero-order valence-corrected chi connectivity index (χ0v) is 19.6. The minimum atomic E-state index is -1.60. The van der Waals surface area contributed by atoms with Crippen molar-refractivity contribution in [3.05, 3.63) is 95.3 Å². The molecule has 0 aliphatic carbocycles. The molecule has 1 amide bonds. The molecule has 184 valence electrons. The summed E-state index contributed by atoms with van der Waals surface area (Å²) in [6.45, 7) is 1.85. The summed E-state index contributed by atoms with van der Waals surface area (Å²) in [6.07, 6.45) is 0.285. The molecule has 0 radical (unpaired) electrons. The Balaban J connectivity index is 0.00000342. The number of amides is 1. The molecule has 9 heteroatoms. The normalized spacial score (nSPS) is 14.8. The fourth-order valence-corrected chi connectivity index (χ4v) is 4.00. The van der Waals surface area contributed by atoms with Crippen LogP contribution in [0.15, 0.2) is 66.7 Å². The van der Waals surface area contributed by atoms with E-state index >= 15 is 0 Å². The summed E-state index contributed by atoms with van der Waals surface area (Å²) < 4.78 is 40.1. The van der Waals surface area contributed by atoms with Gasteiger partial charge in [0, 0.05) is 38.3 Å². The average molecular weight is 504 g/mol. The van der Waals surface area contributed by atoms with Gasteiger partial charge < -0.3 is 9.69 Å². The number of nitrogens with one attached hydrogen (secondary N) is 1. The molecule has 0 saturated carbocycles. The lowest BCUT2D eigenvalue weighted by atomic mass is 10.0. The Bertz CT molecular complexity index is 1130. The molecule has 1 aliphatic rings. The van der Waals surface area contributed by atoms with Gasteiger partial charge in [-0.05, 0) is 28.8 Å². The lowest BCUT2D eigenvalue weighted by Crippen LogP contribution is -2.56. The highest BCUT2D eigenvalue weighted by atomic mass is 35.5. The lowest BCUT2D eigenvalue weighted by Gasteiger charge is -2.37. The van der Waals surface area contributed by atoms with E-state index < -0.39 is 29.5 Å².